The van der Waals surface area contributed by atoms with Crippen LogP contribution in [-0.4, -0.2) is 9.55 Å². The Balaban J connectivity index is 1.83. The fourth-order valence-corrected chi connectivity index (χ4v) is 4.27. The summed E-state index contributed by atoms with van der Waals surface area (Å²) in [5.41, 5.74) is -1.36. The molecule has 1 aromatic carbocycles. The van der Waals surface area contributed by atoms with Gasteiger partial charge < -0.3 is 8.98 Å². The maximum absolute atomic E-state index is 13.6. The van der Waals surface area contributed by atoms with Crippen LogP contribution in [0.2, 0.25) is 0 Å². The van der Waals surface area contributed by atoms with Crippen molar-refractivity contribution >= 4 is 0 Å². The molecule has 32 heavy (non-hydrogen) atoms. The second-order valence-corrected chi connectivity index (χ2v) is 8.20. The molecule has 8 heteroatoms. The van der Waals surface area contributed by atoms with Crippen molar-refractivity contribution < 1.29 is 17.6 Å². The van der Waals surface area contributed by atoms with Crippen LogP contribution in [0.15, 0.2) is 45.8 Å². The molecule has 0 unspecified atom stereocenters. The molecule has 5 nitrogen and oxygen atoms in total. The molecule has 2 aromatic heterocycles. The van der Waals surface area contributed by atoms with Gasteiger partial charge in [-0.2, -0.15) is 18.4 Å². The summed E-state index contributed by atoms with van der Waals surface area (Å²) in [7, 11) is 0. The molecule has 0 atom stereocenters. The van der Waals surface area contributed by atoms with Crippen molar-refractivity contribution in [3.05, 3.63) is 75.2 Å². The molecule has 166 valence electrons. The molecule has 0 bridgehead atoms. The largest absolute Gasteiger partial charge is 0.448 e. The van der Waals surface area contributed by atoms with E-state index >= 15 is 0 Å². The number of oxazole rings is 1. The zero-order valence-corrected chi connectivity index (χ0v) is 17.6. The van der Waals surface area contributed by atoms with Gasteiger partial charge in [0.25, 0.3) is 5.56 Å². The number of alkyl halides is 3. The van der Waals surface area contributed by atoms with Crippen LogP contribution in [0.5, 0.6) is 0 Å². The van der Waals surface area contributed by atoms with Gasteiger partial charge in [0.1, 0.15) is 17.9 Å². The summed E-state index contributed by atoms with van der Waals surface area (Å²) in [4.78, 5) is 17.6. The highest BCUT2D eigenvalue weighted by Gasteiger charge is 2.36. The number of rotatable bonds is 4. The quantitative estimate of drug-likeness (QED) is 0.513. The molecule has 1 saturated carbocycles. The van der Waals surface area contributed by atoms with E-state index in [-0.39, 0.29) is 18.2 Å². The number of halogens is 3. The standard InChI is InChI=1S/C24H22F3N3O2/c1-15-6-5-9-17(10-15)21-11-20(24(25,26)27)19(12-28)23(31)30(21)13-18-14-32-22(29-18)16-7-3-2-4-8-16/h5-6,9-11,14,16H,2-4,7-8,13H2,1H3. The van der Waals surface area contributed by atoms with Crippen molar-refractivity contribution in [2.24, 2.45) is 0 Å². The fraction of sp³-hybridized carbons (Fsp3) is 0.375. The summed E-state index contributed by atoms with van der Waals surface area (Å²) in [6.45, 7) is 1.72. The van der Waals surface area contributed by atoms with Gasteiger partial charge in [-0.25, -0.2) is 4.98 Å². The van der Waals surface area contributed by atoms with Crippen molar-refractivity contribution in [3.63, 3.8) is 0 Å². The molecule has 0 saturated heterocycles. The Morgan fingerprint density at radius 3 is 2.62 bits per heavy atom. The Morgan fingerprint density at radius 1 is 1.22 bits per heavy atom. The number of pyridine rings is 1. The number of hydrogen-bond donors (Lipinski definition) is 0. The van der Waals surface area contributed by atoms with Crippen molar-refractivity contribution in [1.29, 1.82) is 5.26 Å². The van der Waals surface area contributed by atoms with Crippen LogP contribution in [0.3, 0.4) is 0 Å². The first-order chi connectivity index (χ1) is 15.3. The summed E-state index contributed by atoms with van der Waals surface area (Å²) >= 11 is 0. The van der Waals surface area contributed by atoms with E-state index in [1.54, 1.807) is 18.2 Å². The minimum absolute atomic E-state index is 0.0761. The second kappa shape index (κ2) is 8.65. The average Bonchev–Trinajstić information content (AvgIpc) is 3.23. The molecule has 1 fully saturated rings. The number of hydrogen-bond acceptors (Lipinski definition) is 4. The molecule has 0 aliphatic heterocycles. The minimum Gasteiger partial charge on any atom is -0.448 e. The van der Waals surface area contributed by atoms with Gasteiger partial charge in [-0.1, -0.05) is 43.0 Å². The summed E-state index contributed by atoms with van der Waals surface area (Å²) in [6, 6.07) is 9.18. The van der Waals surface area contributed by atoms with E-state index in [0.29, 0.717) is 17.1 Å². The SMILES string of the molecule is Cc1cccc(-c2cc(C(F)(F)F)c(C#N)c(=O)n2Cc2coc(C3CCCCC3)n2)c1. The number of nitriles is 1. The monoisotopic (exact) mass is 441 g/mol. The number of benzene rings is 1. The van der Waals surface area contributed by atoms with Gasteiger partial charge in [0.15, 0.2) is 5.89 Å². The third kappa shape index (κ3) is 4.33. The summed E-state index contributed by atoms with van der Waals surface area (Å²) in [5.74, 6) is 0.810. The molecule has 1 aliphatic carbocycles. The predicted octanol–water partition coefficient (Wildman–Crippen LogP) is 5.80. The van der Waals surface area contributed by atoms with Crippen LogP contribution in [-0.2, 0) is 12.7 Å². The van der Waals surface area contributed by atoms with Gasteiger partial charge in [-0.15, -0.1) is 0 Å². The van der Waals surface area contributed by atoms with E-state index in [9.17, 15) is 23.2 Å². The lowest BCUT2D eigenvalue weighted by Gasteiger charge is -2.18. The van der Waals surface area contributed by atoms with Crippen LogP contribution in [0.25, 0.3) is 11.3 Å². The highest BCUT2D eigenvalue weighted by Crippen LogP contribution is 2.35. The lowest BCUT2D eigenvalue weighted by atomic mass is 9.89. The molecular formula is C24H22F3N3O2. The normalized spacial score (nSPS) is 15.0. The molecule has 3 aromatic rings. The number of aryl methyl sites for hydroxylation is 1. The predicted molar refractivity (Wildman–Crippen MR) is 112 cm³/mol. The number of aromatic nitrogens is 2. The maximum atomic E-state index is 13.6. The van der Waals surface area contributed by atoms with E-state index in [0.717, 1.165) is 37.3 Å². The summed E-state index contributed by atoms with van der Waals surface area (Å²) in [5, 5.41) is 9.34. The molecule has 0 spiro atoms. The first kappa shape index (κ1) is 21.9. The summed E-state index contributed by atoms with van der Waals surface area (Å²) < 4.78 is 47.7. The van der Waals surface area contributed by atoms with Crippen molar-refractivity contribution in [2.45, 2.75) is 57.7 Å². The molecule has 0 amide bonds. The Labute approximate surface area is 183 Å². The van der Waals surface area contributed by atoms with Gasteiger partial charge in [-0.05, 0) is 37.5 Å². The lowest BCUT2D eigenvalue weighted by molar-refractivity contribution is -0.137. The first-order valence-electron chi connectivity index (χ1n) is 10.5. The Morgan fingerprint density at radius 2 is 1.97 bits per heavy atom. The zero-order chi connectivity index (χ0) is 22.9. The highest BCUT2D eigenvalue weighted by atomic mass is 19.4. The third-order valence-corrected chi connectivity index (χ3v) is 5.88. The van der Waals surface area contributed by atoms with Crippen molar-refractivity contribution in [2.75, 3.05) is 0 Å². The molecule has 1 aliphatic rings. The smallest absolute Gasteiger partial charge is 0.417 e. The lowest BCUT2D eigenvalue weighted by Crippen LogP contribution is -2.28. The molecule has 0 N–H and O–H groups in total. The highest BCUT2D eigenvalue weighted by molar-refractivity contribution is 5.63. The van der Waals surface area contributed by atoms with Crippen LogP contribution >= 0.6 is 0 Å². The van der Waals surface area contributed by atoms with Crippen LogP contribution in [0.1, 0.15) is 66.3 Å². The van der Waals surface area contributed by atoms with Crippen molar-refractivity contribution in [1.82, 2.24) is 9.55 Å². The van der Waals surface area contributed by atoms with E-state index in [1.807, 2.05) is 13.0 Å². The van der Waals surface area contributed by atoms with E-state index in [4.69, 9.17) is 4.42 Å². The molecule has 4 rings (SSSR count). The van der Waals surface area contributed by atoms with Gasteiger partial charge in [-0.3, -0.25) is 4.79 Å². The van der Waals surface area contributed by atoms with Crippen LogP contribution < -0.4 is 5.56 Å². The third-order valence-electron chi connectivity index (χ3n) is 5.88. The fourth-order valence-electron chi connectivity index (χ4n) is 4.27. The van der Waals surface area contributed by atoms with E-state index in [1.165, 1.54) is 23.3 Å². The average molecular weight is 441 g/mol. The van der Waals surface area contributed by atoms with Gasteiger partial charge in [0.2, 0.25) is 0 Å². The number of nitrogens with zero attached hydrogens (tertiary/aromatic N) is 3. The summed E-state index contributed by atoms with van der Waals surface area (Å²) in [6.07, 6.45) is 1.96. The second-order valence-electron chi connectivity index (χ2n) is 8.20. The van der Waals surface area contributed by atoms with Gasteiger partial charge >= 0.3 is 6.18 Å². The van der Waals surface area contributed by atoms with Gasteiger partial charge in [0.05, 0.1) is 23.5 Å². The Bertz CT molecular complexity index is 1230. The van der Waals surface area contributed by atoms with Crippen LogP contribution in [0.4, 0.5) is 13.2 Å². The molecule has 2 heterocycles. The zero-order valence-electron chi connectivity index (χ0n) is 17.6. The van der Waals surface area contributed by atoms with E-state index < -0.39 is 22.9 Å². The Kier molecular flexibility index (Phi) is 5.92. The van der Waals surface area contributed by atoms with Gasteiger partial charge in [0, 0.05) is 5.92 Å². The molecular weight excluding hydrogens is 419 g/mol. The van der Waals surface area contributed by atoms with Crippen molar-refractivity contribution in [3.8, 4) is 17.3 Å². The topological polar surface area (TPSA) is 71.8 Å². The first-order valence-corrected chi connectivity index (χ1v) is 10.5. The Hall–Kier alpha value is -3.34. The minimum atomic E-state index is -4.83. The van der Waals surface area contributed by atoms with Crippen LogP contribution in [0, 0.1) is 18.3 Å². The molecule has 0 radical (unpaired) electrons. The van der Waals surface area contributed by atoms with E-state index in [2.05, 4.69) is 4.98 Å². The maximum Gasteiger partial charge on any atom is 0.417 e.